The Labute approximate surface area is 172 Å². The van der Waals surface area contributed by atoms with Gasteiger partial charge in [0.1, 0.15) is 5.75 Å². The van der Waals surface area contributed by atoms with Gasteiger partial charge in [-0.2, -0.15) is 10.2 Å². The number of amides is 1. The molecule has 0 fully saturated rings. The number of ether oxygens (including phenoxy) is 1. The molecule has 146 valence electrons. The Kier molecular flexibility index (Phi) is 5.58. The van der Waals surface area contributed by atoms with Crippen molar-refractivity contribution in [3.05, 3.63) is 95.5 Å². The molecule has 0 aliphatic rings. The summed E-state index contributed by atoms with van der Waals surface area (Å²) in [6.45, 7) is 0.779. The van der Waals surface area contributed by atoms with E-state index in [0.29, 0.717) is 28.7 Å². The molecule has 1 amide bonds. The van der Waals surface area contributed by atoms with Gasteiger partial charge >= 0.3 is 0 Å². The van der Waals surface area contributed by atoms with E-state index < -0.39 is 0 Å². The monoisotopic (exact) mass is 407 g/mol. The summed E-state index contributed by atoms with van der Waals surface area (Å²) in [5, 5.41) is 11.8. The van der Waals surface area contributed by atoms with Crippen molar-refractivity contribution in [2.75, 3.05) is 5.32 Å². The van der Waals surface area contributed by atoms with E-state index in [2.05, 4.69) is 15.5 Å². The molecule has 7 nitrogen and oxygen atoms in total. The number of hydrogen-bond donors (Lipinski definition) is 1. The largest absolute Gasteiger partial charge is 0.470 e. The van der Waals surface area contributed by atoms with Gasteiger partial charge in [-0.25, -0.2) is 4.68 Å². The molecule has 0 unspecified atom stereocenters. The number of hydrogen-bond acceptors (Lipinski definition) is 4. The Balaban J connectivity index is 1.37. The Hall–Kier alpha value is -3.58. The fraction of sp³-hybridized carbons (Fsp3) is 0.0952. The summed E-state index contributed by atoms with van der Waals surface area (Å²) in [6, 6.07) is 18.3. The molecule has 4 rings (SSSR count). The van der Waals surface area contributed by atoms with E-state index in [-0.39, 0.29) is 12.6 Å². The Morgan fingerprint density at radius 2 is 1.93 bits per heavy atom. The zero-order valence-corrected chi connectivity index (χ0v) is 16.2. The van der Waals surface area contributed by atoms with Gasteiger partial charge in [-0.1, -0.05) is 35.9 Å². The molecule has 0 aliphatic heterocycles. The minimum Gasteiger partial charge on any atom is -0.470 e. The first-order chi connectivity index (χ1) is 14.2. The molecule has 2 aromatic heterocycles. The number of carbonyl (C=O) groups is 1. The smallest absolute Gasteiger partial charge is 0.276 e. The van der Waals surface area contributed by atoms with Gasteiger partial charge in [0.2, 0.25) is 0 Å². The molecule has 0 bridgehead atoms. The second-order valence-electron chi connectivity index (χ2n) is 6.30. The highest BCUT2D eigenvalue weighted by Gasteiger charge is 2.11. The second kappa shape index (κ2) is 8.62. The molecule has 0 aliphatic carbocycles. The standard InChI is InChI=1S/C21H18ClN5O2/c22-18-7-1-2-8-20(18)29-15-27-12-9-19(25-27)21(28)24-17-6-3-5-16(13-17)14-26-11-4-10-23-26/h1-13H,14-15H2,(H,24,28). The summed E-state index contributed by atoms with van der Waals surface area (Å²) in [6.07, 6.45) is 5.31. The third-order valence-corrected chi connectivity index (χ3v) is 4.46. The van der Waals surface area contributed by atoms with Gasteiger partial charge in [0.25, 0.3) is 5.91 Å². The van der Waals surface area contributed by atoms with E-state index in [1.54, 1.807) is 30.6 Å². The summed E-state index contributed by atoms with van der Waals surface area (Å²) in [4.78, 5) is 12.5. The van der Waals surface area contributed by atoms with Crippen molar-refractivity contribution in [2.45, 2.75) is 13.3 Å². The van der Waals surface area contributed by atoms with Gasteiger partial charge in [0, 0.05) is 24.3 Å². The predicted molar refractivity (Wildman–Crippen MR) is 110 cm³/mol. The Morgan fingerprint density at radius 1 is 1.03 bits per heavy atom. The fourth-order valence-electron chi connectivity index (χ4n) is 2.78. The third kappa shape index (κ3) is 4.83. The molecule has 0 spiro atoms. The average Bonchev–Trinajstić information content (AvgIpc) is 3.40. The quantitative estimate of drug-likeness (QED) is 0.501. The maximum absolute atomic E-state index is 12.5. The first kappa shape index (κ1) is 18.8. The van der Waals surface area contributed by atoms with E-state index in [4.69, 9.17) is 16.3 Å². The van der Waals surface area contributed by atoms with E-state index in [1.807, 2.05) is 53.3 Å². The van der Waals surface area contributed by atoms with Crippen molar-refractivity contribution in [2.24, 2.45) is 0 Å². The lowest BCUT2D eigenvalue weighted by Gasteiger charge is -2.08. The maximum Gasteiger partial charge on any atom is 0.276 e. The van der Waals surface area contributed by atoms with Crippen LogP contribution in [-0.4, -0.2) is 25.5 Å². The lowest BCUT2D eigenvalue weighted by Crippen LogP contribution is -2.14. The van der Waals surface area contributed by atoms with Gasteiger partial charge in [-0.05, 0) is 42.0 Å². The average molecular weight is 408 g/mol. The van der Waals surface area contributed by atoms with Gasteiger partial charge in [0.05, 0.1) is 11.6 Å². The molecule has 1 N–H and O–H groups in total. The van der Waals surface area contributed by atoms with E-state index in [1.165, 1.54) is 4.68 Å². The molecule has 4 aromatic rings. The maximum atomic E-state index is 12.5. The van der Waals surface area contributed by atoms with Crippen molar-refractivity contribution in [1.82, 2.24) is 19.6 Å². The molecule has 0 saturated carbocycles. The number of anilines is 1. The van der Waals surface area contributed by atoms with Crippen molar-refractivity contribution in [3.63, 3.8) is 0 Å². The predicted octanol–water partition coefficient (Wildman–Crippen LogP) is 4.07. The molecule has 2 heterocycles. The molecule has 0 saturated heterocycles. The molecule has 8 heteroatoms. The minimum atomic E-state index is -0.294. The first-order valence-corrected chi connectivity index (χ1v) is 9.34. The van der Waals surface area contributed by atoms with Gasteiger partial charge < -0.3 is 10.1 Å². The van der Waals surface area contributed by atoms with Crippen LogP contribution in [0.3, 0.4) is 0 Å². The molecule has 0 radical (unpaired) electrons. The van der Waals surface area contributed by atoms with Crippen LogP contribution in [0.25, 0.3) is 0 Å². The third-order valence-electron chi connectivity index (χ3n) is 4.15. The summed E-state index contributed by atoms with van der Waals surface area (Å²) in [5.74, 6) is 0.266. The van der Waals surface area contributed by atoms with Crippen LogP contribution in [-0.2, 0) is 13.3 Å². The van der Waals surface area contributed by atoms with Gasteiger partial charge in [-0.15, -0.1) is 0 Å². The normalized spacial score (nSPS) is 10.7. The number of carbonyl (C=O) groups excluding carboxylic acids is 1. The summed E-state index contributed by atoms with van der Waals surface area (Å²) < 4.78 is 8.98. The highest BCUT2D eigenvalue weighted by molar-refractivity contribution is 6.32. The van der Waals surface area contributed by atoms with Crippen LogP contribution in [0.1, 0.15) is 16.1 Å². The fourth-order valence-corrected chi connectivity index (χ4v) is 2.97. The summed E-state index contributed by atoms with van der Waals surface area (Å²) in [7, 11) is 0. The molecule has 29 heavy (non-hydrogen) atoms. The highest BCUT2D eigenvalue weighted by Crippen LogP contribution is 2.23. The van der Waals surface area contributed by atoms with Crippen molar-refractivity contribution < 1.29 is 9.53 Å². The number of nitrogens with zero attached hydrogens (tertiary/aromatic N) is 4. The highest BCUT2D eigenvalue weighted by atomic mass is 35.5. The summed E-state index contributed by atoms with van der Waals surface area (Å²) in [5.41, 5.74) is 2.02. The number of benzene rings is 2. The second-order valence-corrected chi connectivity index (χ2v) is 6.71. The SMILES string of the molecule is O=C(Nc1cccc(Cn2cccn2)c1)c1ccn(COc2ccccc2Cl)n1. The van der Waals surface area contributed by atoms with Crippen LogP contribution in [0.4, 0.5) is 5.69 Å². The van der Waals surface area contributed by atoms with Gasteiger partial charge in [0.15, 0.2) is 12.4 Å². The zero-order valence-electron chi connectivity index (χ0n) is 15.4. The lowest BCUT2D eigenvalue weighted by atomic mass is 10.2. The van der Waals surface area contributed by atoms with Crippen LogP contribution < -0.4 is 10.1 Å². The first-order valence-electron chi connectivity index (χ1n) is 8.96. The Bertz CT molecular complexity index is 1110. The molecule has 2 aromatic carbocycles. The number of aromatic nitrogens is 4. The zero-order chi connectivity index (χ0) is 20.1. The van der Waals surface area contributed by atoms with E-state index in [0.717, 1.165) is 5.56 Å². The Morgan fingerprint density at radius 3 is 2.76 bits per heavy atom. The topological polar surface area (TPSA) is 74.0 Å². The minimum absolute atomic E-state index is 0.149. The van der Waals surface area contributed by atoms with Gasteiger partial charge in [-0.3, -0.25) is 9.48 Å². The van der Waals surface area contributed by atoms with Crippen LogP contribution >= 0.6 is 11.6 Å². The van der Waals surface area contributed by atoms with Crippen LogP contribution in [0, 0.1) is 0 Å². The van der Waals surface area contributed by atoms with Crippen LogP contribution in [0.15, 0.2) is 79.3 Å². The van der Waals surface area contributed by atoms with Crippen molar-refractivity contribution in [1.29, 1.82) is 0 Å². The van der Waals surface area contributed by atoms with Crippen LogP contribution in [0.5, 0.6) is 5.75 Å². The molecular formula is C21H18ClN5O2. The lowest BCUT2D eigenvalue weighted by molar-refractivity contribution is 0.102. The van der Waals surface area contributed by atoms with E-state index >= 15 is 0 Å². The van der Waals surface area contributed by atoms with E-state index in [9.17, 15) is 4.79 Å². The number of rotatable bonds is 7. The molecular weight excluding hydrogens is 390 g/mol. The van der Waals surface area contributed by atoms with Crippen molar-refractivity contribution in [3.8, 4) is 5.75 Å². The van der Waals surface area contributed by atoms with Crippen LogP contribution in [0.2, 0.25) is 5.02 Å². The number of para-hydroxylation sites is 1. The number of nitrogens with one attached hydrogen (secondary N) is 1. The molecule has 0 atom stereocenters. The summed E-state index contributed by atoms with van der Waals surface area (Å²) >= 11 is 6.07. The number of halogens is 1. The van der Waals surface area contributed by atoms with Crippen molar-refractivity contribution >= 4 is 23.2 Å².